The molecule has 1 unspecified atom stereocenters. The van der Waals surface area contributed by atoms with Gasteiger partial charge in [0.1, 0.15) is 5.65 Å². The predicted octanol–water partition coefficient (Wildman–Crippen LogP) is 1.54. The first-order chi connectivity index (χ1) is 9.20. The van der Waals surface area contributed by atoms with E-state index in [1.165, 1.54) is 0 Å². The summed E-state index contributed by atoms with van der Waals surface area (Å²) in [4.78, 5) is 16.1. The first-order valence-corrected chi connectivity index (χ1v) is 6.66. The maximum absolute atomic E-state index is 11.6. The predicted molar refractivity (Wildman–Crippen MR) is 82.0 cm³/mol. The smallest absolute Gasteiger partial charge is 0.236 e. The van der Waals surface area contributed by atoms with Crippen LogP contribution < -0.4 is 11.1 Å². The van der Waals surface area contributed by atoms with Gasteiger partial charge in [-0.15, -0.1) is 12.4 Å². The highest BCUT2D eigenvalue weighted by atomic mass is 35.5. The second-order valence-corrected chi connectivity index (χ2v) is 4.63. The molecule has 0 spiro atoms. The lowest BCUT2D eigenvalue weighted by atomic mass is 10.1. The molecule has 0 saturated carbocycles. The Morgan fingerprint density at radius 2 is 2.30 bits per heavy atom. The van der Waals surface area contributed by atoms with Gasteiger partial charge >= 0.3 is 0 Å². The van der Waals surface area contributed by atoms with Crippen molar-refractivity contribution in [3.8, 4) is 0 Å². The average Bonchev–Trinajstić information content (AvgIpc) is 2.81. The highest BCUT2D eigenvalue weighted by Crippen LogP contribution is 2.04. The Kier molecular flexibility index (Phi) is 6.48. The third-order valence-corrected chi connectivity index (χ3v) is 3.03. The van der Waals surface area contributed by atoms with E-state index in [0.717, 1.165) is 24.2 Å². The summed E-state index contributed by atoms with van der Waals surface area (Å²) in [6.45, 7) is 2.59. The van der Waals surface area contributed by atoms with Crippen LogP contribution in [-0.4, -0.2) is 27.9 Å². The molecule has 20 heavy (non-hydrogen) atoms. The van der Waals surface area contributed by atoms with Crippen LogP contribution in [0.25, 0.3) is 5.65 Å². The molecule has 6 heteroatoms. The van der Waals surface area contributed by atoms with E-state index >= 15 is 0 Å². The van der Waals surface area contributed by atoms with Crippen LogP contribution in [0.5, 0.6) is 0 Å². The van der Waals surface area contributed by atoms with Gasteiger partial charge < -0.3 is 15.5 Å². The van der Waals surface area contributed by atoms with Crippen molar-refractivity contribution in [1.29, 1.82) is 0 Å². The number of nitrogens with two attached hydrogens (primary N) is 1. The number of imidazole rings is 1. The molecule has 2 aromatic heterocycles. The highest BCUT2D eigenvalue weighted by molar-refractivity contribution is 5.85. The van der Waals surface area contributed by atoms with Crippen LogP contribution in [0.15, 0.2) is 30.6 Å². The summed E-state index contributed by atoms with van der Waals surface area (Å²) in [5, 5.41) is 2.85. The van der Waals surface area contributed by atoms with Gasteiger partial charge in [-0.1, -0.05) is 19.4 Å². The van der Waals surface area contributed by atoms with Crippen molar-refractivity contribution < 1.29 is 4.79 Å². The summed E-state index contributed by atoms with van der Waals surface area (Å²) in [5.41, 5.74) is 7.63. The maximum Gasteiger partial charge on any atom is 0.236 e. The number of carbonyl (C=O) groups is 1. The van der Waals surface area contributed by atoms with Crippen LogP contribution in [0.1, 0.15) is 25.5 Å². The molecule has 0 radical (unpaired) electrons. The monoisotopic (exact) mass is 296 g/mol. The third-order valence-electron chi connectivity index (χ3n) is 3.03. The van der Waals surface area contributed by atoms with E-state index in [9.17, 15) is 4.79 Å². The minimum atomic E-state index is -0.397. The minimum Gasteiger partial charge on any atom is -0.354 e. The van der Waals surface area contributed by atoms with Crippen molar-refractivity contribution in [2.24, 2.45) is 5.73 Å². The number of amides is 1. The summed E-state index contributed by atoms with van der Waals surface area (Å²) in [5.74, 6) is -0.0781. The molecule has 0 aromatic carbocycles. The Morgan fingerprint density at radius 3 is 3.00 bits per heavy atom. The van der Waals surface area contributed by atoms with Gasteiger partial charge in [0.15, 0.2) is 0 Å². The maximum atomic E-state index is 11.6. The van der Waals surface area contributed by atoms with E-state index < -0.39 is 6.04 Å². The fraction of sp³-hybridized carbons (Fsp3) is 0.429. The van der Waals surface area contributed by atoms with Gasteiger partial charge in [-0.3, -0.25) is 4.79 Å². The molecule has 2 rings (SSSR count). The molecule has 3 N–H and O–H groups in total. The quantitative estimate of drug-likeness (QED) is 0.849. The van der Waals surface area contributed by atoms with Crippen LogP contribution in [0, 0.1) is 0 Å². The number of fused-ring (bicyclic) bond motifs is 1. The second kappa shape index (κ2) is 7.87. The molecular formula is C14H21ClN4O. The van der Waals surface area contributed by atoms with Crippen molar-refractivity contribution in [2.75, 3.05) is 6.54 Å². The summed E-state index contributed by atoms with van der Waals surface area (Å²) in [7, 11) is 0. The Hall–Kier alpha value is -1.59. The molecule has 5 nitrogen and oxygen atoms in total. The Balaban J connectivity index is 0.00000200. The highest BCUT2D eigenvalue weighted by Gasteiger charge is 2.11. The van der Waals surface area contributed by atoms with Gasteiger partial charge in [0, 0.05) is 25.4 Å². The summed E-state index contributed by atoms with van der Waals surface area (Å²) in [6, 6.07) is 5.48. The van der Waals surface area contributed by atoms with Crippen LogP contribution in [0.2, 0.25) is 0 Å². The normalized spacial score (nSPS) is 11.9. The van der Waals surface area contributed by atoms with Gasteiger partial charge in [0.05, 0.1) is 11.7 Å². The first kappa shape index (κ1) is 16.5. The molecule has 2 heterocycles. The van der Waals surface area contributed by atoms with Gasteiger partial charge in [-0.25, -0.2) is 4.98 Å². The molecule has 1 atom stereocenters. The summed E-state index contributed by atoms with van der Waals surface area (Å²) < 4.78 is 1.97. The topological polar surface area (TPSA) is 72.4 Å². The average molecular weight is 297 g/mol. The Morgan fingerprint density at radius 1 is 1.50 bits per heavy atom. The van der Waals surface area contributed by atoms with E-state index in [1.54, 1.807) is 0 Å². The van der Waals surface area contributed by atoms with Crippen molar-refractivity contribution in [3.63, 3.8) is 0 Å². The number of hydrogen-bond acceptors (Lipinski definition) is 3. The van der Waals surface area contributed by atoms with E-state index in [-0.39, 0.29) is 18.3 Å². The lowest BCUT2D eigenvalue weighted by Gasteiger charge is -2.10. The molecule has 0 fully saturated rings. The number of halogens is 1. The number of hydrogen-bond donors (Lipinski definition) is 2. The summed E-state index contributed by atoms with van der Waals surface area (Å²) in [6.07, 6.45) is 6.29. The zero-order chi connectivity index (χ0) is 13.7. The molecular weight excluding hydrogens is 276 g/mol. The van der Waals surface area contributed by atoms with Gasteiger partial charge in [0.2, 0.25) is 5.91 Å². The number of carbonyl (C=O) groups excluding carboxylic acids is 1. The lowest BCUT2D eigenvalue weighted by Crippen LogP contribution is -2.41. The van der Waals surface area contributed by atoms with Gasteiger partial charge in [0.25, 0.3) is 0 Å². The van der Waals surface area contributed by atoms with Crippen LogP contribution in [0.4, 0.5) is 0 Å². The molecule has 0 aliphatic rings. The molecule has 0 saturated heterocycles. The second-order valence-electron chi connectivity index (χ2n) is 4.63. The fourth-order valence-electron chi connectivity index (χ4n) is 1.99. The Labute approximate surface area is 125 Å². The molecule has 2 aromatic rings. The molecule has 0 aliphatic carbocycles. The van der Waals surface area contributed by atoms with Crippen molar-refractivity contribution in [3.05, 3.63) is 36.3 Å². The number of rotatable bonds is 6. The molecule has 110 valence electrons. The van der Waals surface area contributed by atoms with Crippen molar-refractivity contribution >= 4 is 24.0 Å². The largest absolute Gasteiger partial charge is 0.354 e. The number of pyridine rings is 1. The van der Waals surface area contributed by atoms with Crippen molar-refractivity contribution in [1.82, 2.24) is 14.7 Å². The SMILES string of the molecule is CCCC(N)C(=O)NCCc1cn2ccccc2n1.Cl. The van der Waals surface area contributed by atoms with E-state index in [4.69, 9.17) is 5.73 Å². The van der Waals surface area contributed by atoms with Crippen molar-refractivity contribution in [2.45, 2.75) is 32.2 Å². The zero-order valence-electron chi connectivity index (χ0n) is 11.6. The fourth-order valence-corrected chi connectivity index (χ4v) is 1.99. The van der Waals surface area contributed by atoms with Crippen LogP contribution in [-0.2, 0) is 11.2 Å². The van der Waals surface area contributed by atoms with E-state index in [2.05, 4.69) is 10.3 Å². The van der Waals surface area contributed by atoms with E-state index in [0.29, 0.717) is 13.0 Å². The standard InChI is InChI=1S/C14H20N4O.ClH/c1-2-5-12(15)14(19)16-8-7-11-10-18-9-4-3-6-13(18)17-11;/h3-4,6,9-10,12H,2,5,7-8,15H2,1H3,(H,16,19);1H. The molecule has 1 amide bonds. The zero-order valence-corrected chi connectivity index (χ0v) is 12.4. The molecule has 0 bridgehead atoms. The summed E-state index contributed by atoms with van der Waals surface area (Å²) >= 11 is 0. The minimum absolute atomic E-state index is 0. The van der Waals surface area contributed by atoms with Crippen LogP contribution in [0.3, 0.4) is 0 Å². The number of nitrogens with zero attached hydrogens (tertiary/aromatic N) is 2. The van der Waals surface area contributed by atoms with E-state index in [1.807, 2.05) is 41.9 Å². The van der Waals surface area contributed by atoms with Gasteiger partial charge in [-0.2, -0.15) is 0 Å². The first-order valence-electron chi connectivity index (χ1n) is 6.66. The van der Waals surface area contributed by atoms with Crippen LogP contribution >= 0.6 is 12.4 Å². The number of nitrogens with one attached hydrogen (secondary N) is 1. The lowest BCUT2D eigenvalue weighted by molar-refractivity contribution is -0.122. The number of aromatic nitrogens is 2. The van der Waals surface area contributed by atoms with Gasteiger partial charge in [-0.05, 0) is 18.6 Å². The Bertz CT molecular complexity index is 522. The molecule has 0 aliphatic heterocycles. The third kappa shape index (κ3) is 4.21.